The fraction of sp³-hybridized carbons (Fsp3) is 0.492. The molecule has 5 aliphatic rings. The van der Waals surface area contributed by atoms with Crippen LogP contribution < -0.4 is 40.4 Å². The van der Waals surface area contributed by atoms with E-state index in [1.165, 1.54) is 36.3 Å². The number of allylic oxidation sites excluding steroid dienone is 2. The second-order valence-corrected chi connectivity index (χ2v) is 23.8. The molecule has 0 aromatic heterocycles. The van der Waals surface area contributed by atoms with Gasteiger partial charge in [0.1, 0.15) is 24.4 Å². The molecular formula is C63H78N8O15S. The van der Waals surface area contributed by atoms with E-state index in [2.05, 4.69) is 26.3 Å². The summed E-state index contributed by atoms with van der Waals surface area (Å²) in [4.78, 5) is 126. The number of aliphatic hydroxyl groups excluding tert-OH is 1. The Hall–Kier alpha value is -8.09. The first kappa shape index (κ1) is 64.9. The third kappa shape index (κ3) is 15.9. The predicted octanol–water partition coefficient (Wildman–Crippen LogP) is 6.69. The van der Waals surface area contributed by atoms with Crippen molar-refractivity contribution in [1.82, 2.24) is 25.8 Å². The highest BCUT2D eigenvalue weighted by molar-refractivity contribution is 8.00. The molecule has 3 aromatic carbocycles. The SMILES string of the molecule is COc1cc2c(cc1OCCCCCOc1cc3c(cc1C)C(=O)N1C=C(C)C[C@H]1C(O)N3C(=O)OCc1ccc(NC(=O)[C@H](C)NC(=O)[C@@H](NC(=O)CCOCCNC(=O)CCN3C(=O)CC(SC)C3=O)C(C)C)cc1)N=C[C@@H]1CC(C)=CC1C2=O. The molecule has 8 amide bonds. The highest BCUT2D eigenvalue weighted by atomic mass is 32.2. The summed E-state index contributed by atoms with van der Waals surface area (Å²) in [5.41, 5.74) is 4.99. The molecule has 466 valence electrons. The van der Waals surface area contributed by atoms with Crippen LogP contribution in [0.2, 0.25) is 0 Å². The molecule has 3 unspecified atom stereocenters. The van der Waals surface area contributed by atoms with Crippen molar-refractivity contribution >= 4 is 88.3 Å². The fourth-order valence-corrected chi connectivity index (χ4v) is 11.6. The molecule has 0 bridgehead atoms. The van der Waals surface area contributed by atoms with Crippen LogP contribution in [-0.2, 0) is 44.8 Å². The highest BCUT2D eigenvalue weighted by Crippen LogP contribution is 2.43. The predicted molar refractivity (Wildman–Crippen MR) is 325 cm³/mol. The number of aryl methyl sites for hydroxylation is 1. The van der Waals surface area contributed by atoms with Crippen LogP contribution in [0.1, 0.15) is 118 Å². The smallest absolute Gasteiger partial charge is 0.416 e. The summed E-state index contributed by atoms with van der Waals surface area (Å²) in [7, 11) is 1.54. The number of hydrogen-bond acceptors (Lipinski definition) is 17. The van der Waals surface area contributed by atoms with Gasteiger partial charge in [0.25, 0.3) is 5.91 Å². The lowest BCUT2D eigenvalue weighted by Gasteiger charge is -2.31. The van der Waals surface area contributed by atoms with E-state index >= 15 is 0 Å². The molecule has 0 saturated carbocycles. The van der Waals surface area contributed by atoms with Crippen molar-refractivity contribution in [3.05, 3.63) is 94.2 Å². The van der Waals surface area contributed by atoms with Gasteiger partial charge >= 0.3 is 6.09 Å². The van der Waals surface area contributed by atoms with Crippen LogP contribution in [0.3, 0.4) is 0 Å². The number of hydrogen-bond donors (Lipinski definition) is 5. The number of amides is 8. The van der Waals surface area contributed by atoms with Crippen molar-refractivity contribution in [3.63, 3.8) is 0 Å². The third-order valence-corrected chi connectivity index (χ3v) is 16.7. The number of carbonyl (C=O) groups excluding carboxylic acids is 9. The second-order valence-electron chi connectivity index (χ2n) is 22.7. The number of fused-ring (bicyclic) bond motifs is 4. The molecule has 3 aromatic rings. The number of rotatable bonds is 27. The van der Waals surface area contributed by atoms with E-state index < -0.39 is 53.4 Å². The van der Waals surface area contributed by atoms with Crippen molar-refractivity contribution in [3.8, 4) is 17.2 Å². The van der Waals surface area contributed by atoms with Gasteiger partial charge in [0, 0.05) is 80.0 Å². The van der Waals surface area contributed by atoms with E-state index in [1.807, 2.05) is 26.1 Å². The number of benzene rings is 3. The Morgan fingerprint density at radius 2 is 1.53 bits per heavy atom. The van der Waals surface area contributed by atoms with Gasteiger partial charge in [-0.15, -0.1) is 0 Å². The van der Waals surface area contributed by atoms with Gasteiger partial charge in [-0.1, -0.05) is 43.2 Å². The molecule has 24 heteroatoms. The minimum Gasteiger partial charge on any atom is -0.493 e. The number of unbranched alkanes of at least 4 members (excludes halogenated alkanes) is 2. The standard InChI is InChI=1S/C63H78N8O15S/c1-35(2)56(68-54(73)17-22-83-23-18-64-53(72)16-19-69-55(74)31-52(87-8)62(69)80)59(77)66-39(6)58(76)67-42-14-12-40(13-15-42)34-86-63(81)71-47-30-49(38(5)27-45(47)60(78)70-33-37(4)26-48(70)61(71)79)84-20-10-9-11-21-85-51-29-46-44(28-50(51)82-7)57(75)43-25-36(3)24-41(43)32-65-46/h12-15,25,27-30,32-33,35,39,41,43,48,52,56,61,79H,9-11,16-24,26,31,34H2,1-8H3,(H,64,72)(H,66,77)(H,67,76)(H,68,73)/t39-,41-,43?,48-,52?,56-,61?/m0/s1. The highest BCUT2D eigenvalue weighted by Gasteiger charge is 2.45. The number of Topliss-reactive ketones (excluding diaryl/α,β-unsaturated/α-hetero) is 1. The molecule has 1 aliphatic carbocycles. The molecule has 23 nitrogen and oxygen atoms in total. The van der Waals surface area contributed by atoms with E-state index in [0.29, 0.717) is 77.8 Å². The van der Waals surface area contributed by atoms with Gasteiger partial charge in [-0.25, -0.2) is 9.69 Å². The monoisotopic (exact) mass is 1220 g/mol. The quantitative estimate of drug-likeness (QED) is 0.0302. The maximum absolute atomic E-state index is 14.2. The molecule has 4 aliphatic heterocycles. The van der Waals surface area contributed by atoms with Crippen molar-refractivity contribution in [2.45, 2.75) is 129 Å². The van der Waals surface area contributed by atoms with E-state index in [0.717, 1.165) is 28.2 Å². The summed E-state index contributed by atoms with van der Waals surface area (Å²) in [5.74, 6) is -2.03. The summed E-state index contributed by atoms with van der Waals surface area (Å²) in [6.45, 7) is 11.4. The number of aliphatic hydroxyl groups is 1. The average molecular weight is 1220 g/mol. The Bertz CT molecular complexity index is 3220. The molecular weight excluding hydrogens is 1140 g/mol. The van der Waals surface area contributed by atoms with E-state index in [1.54, 1.807) is 81.8 Å². The lowest BCUT2D eigenvalue weighted by Crippen LogP contribution is -2.53. The van der Waals surface area contributed by atoms with Crippen LogP contribution in [0.25, 0.3) is 0 Å². The number of nitrogens with one attached hydrogen (secondary N) is 4. The van der Waals surface area contributed by atoms with Gasteiger partial charge in [-0.3, -0.25) is 48.2 Å². The van der Waals surface area contributed by atoms with Gasteiger partial charge in [0.05, 0.1) is 61.8 Å². The Kier molecular flexibility index (Phi) is 22.0. The number of aliphatic imine (C=N–C) groups is 1. The maximum Gasteiger partial charge on any atom is 0.416 e. The molecule has 4 heterocycles. The average Bonchev–Trinajstić information content (AvgIpc) is 1.71. The molecule has 7 atom stereocenters. The number of anilines is 2. The van der Waals surface area contributed by atoms with Gasteiger partial charge < -0.3 is 55.0 Å². The molecule has 0 radical (unpaired) electrons. The number of likely N-dealkylation sites (tertiary alicyclic amines) is 1. The van der Waals surface area contributed by atoms with Crippen LogP contribution >= 0.6 is 11.8 Å². The first-order chi connectivity index (χ1) is 41.6. The van der Waals surface area contributed by atoms with E-state index in [9.17, 15) is 48.3 Å². The Morgan fingerprint density at radius 3 is 2.23 bits per heavy atom. The summed E-state index contributed by atoms with van der Waals surface area (Å²) in [5, 5.41) is 22.3. The fourth-order valence-electron chi connectivity index (χ4n) is 11.0. The van der Waals surface area contributed by atoms with Crippen molar-refractivity contribution in [1.29, 1.82) is 0 Å². The minimum absolute atomic E-state index is 0.00217. The topological polar surface area (TPSA) is 290 Å². The normalized spacial score (nSPS) is 20.1. The molecule has 5 N–H and O–H groups in total. The van der Waals surface area contributed by atoms with Gasteiger partial charge in [0.2, 0.25) is 35.4 Å². The zero-order valence-corrected chi connectivity index (χ0v) is 51.3. The Labute approximate surface area is 510 Å². The molecule has 87 heavy (non-hydrogen) atoms. The summed E-state index contributed by atoms with van der Waals surface area (Å²) in [6.07, 6.45) is 8.15. The maximum atomic E-state index is 14.2. The molecule has 1 fully saturated rings. The van der Waals surface area contributed by atoms with Gasteiger partial charge in [-0.2, -0.15) is 11.8 Å². The number of nitrogens with zero attached hydrogens (tertiary/aromatic N) is 4. The van der Waals surface area contributed by atoms with Gasteiger partial charge in [-0.05, 0) is 107 Å². The summed E-state index contributed by atoms with van der Waals surface area (Å²) < 4.78 is 29.3. The first-order valence-electron chi connectivity index (χ1n) is 29.4. The van der Waals surface area contributed by atoms with Crippen LogP contribution in [0.4, 0.5) is 21.9 Å². The zero-order valence-electron chi connectivity index (χ0n) is 50.4. The van der Waals surface area contributed by atoms with E-state index in [4.69, 9.17) is 23.7 Å². The summed E-state index contributed by atoms with van der Waals surface area (Å²) in [6, 6.07) is 10.4. The van der Waals surface area contributed by atoms with Crippen LogP contribution in [-0.4, -0.2) is 157 Å². The lowest BCUT2D eigenvalue weighted by molar-refractivity contribution is -0.138. The van der Waals surface area contributed by atoms with Crippen molar-refractivity contribution < 1.29 is 71.9 Å². The second kappa shape index (κ2) is 29.5. The van der Waals surface area contributed by atoms with Crippen LogP contribution in [0, 0.1) is 24.7 Å². The van der Waals surface area contributed by atoms with Crippen LogP contribution in [0.15, 0.2) is 76.9 Å². The largest absolute Gasteiger partial charge is 0.493 e. The number of carbonyl (C=O) groups is 9. The number of imide groups is 1. The molecule has 1 saturated heterocycles. The Morgan fingerprint density at radius 1 is 0.793 bits per heavy atom. The number of ketones is 1. The van der Waals surface area contributed by atoms with E-state index in [-0.39, 0.29) is 111 Å². The van der Waals surface area contributed by atoms with Crippen LogP contribution in [0.5, 0.6) is 17.2 Å². The number of thioether (sulfide) groups is 1. The lowest BCUT2D eigenvalue weighted by atomic mass is 9.89. The first-order valence-corrected chi connectivity index (χ1v) is 30.7. The van der Waals surface area contributed by atoms with Crippen molar-refractivity contribution in [2.24, 2.45) is 22.7 Å². The van der Waals surface area contributed by atoms with Gasteiger partial charge in [0.15, 0.2) is 23.5 Å². The number of ether oxygens (including phenoxy) is 5. The zero-order chi connectivity index (χ0) is 62.6. The molecule has 0 spiro atoms. The molecule has 8 rings (SSSR count). The van der Waals surface area contributed by atoms with Crippen molar-refractivity contribution in [2.75, 3.05) is 63.1 Å². The number of methoxy groups -OCH3 is 1. The third-order valence-electron chi connectivity index (χ3n) is 15.8. The Balaban J connectivity index is 0.780. The minimum atomic E-state index is -1.49. The summed E-state index contributed by atoms with van der Waals surface area (Å²) >= 11 is 1.30.